The van der Waals surface area contributed by atoms with Gasteiger partial charge in [0.05, 0.1) is 0 Å². The van der Waals surface area contributed by atoms with Gasteiger partial charge in [-0.3, -0.25) is 0 Å². The first-order valence-electron chi connectivity index (χ1n) is 2.63. The molecule has 0 spiro atoms. The quantitative estimate of drug-likeness (QED) is 0.525. The van der Waals surface area contributed by atoms with Crippen molar-refractivity contribution in [3.05, 3.63) is 6.61 Å². The number of aliphatic hydroxyl groups is 1. The second-order valence-electron chi connectivity index (χ2n) is 2.35. The Bertz CT molecular complexity index is 64.1. The van der Waals surface area contributed by atoms with Crippen LogP contribution in [0.3, 0.4) is 0 Å². The molecule has 0 aromatic carbocycles. The Kier molecular flexibility index (Phi) is 7.08. The van der Waals surface area contributed by atoms with Gasteiger partial charge in [-0.1, -0.05) is 0 Å². The van der Waals surface area contributed by atoms with E-state index in [0.29, 0.717) is 6.42 Å². The summed E-state index contributed by atoms with van der Waals surface area (Å²) < 4.78 is 4.99. The van der Waals surface area contributed by atoms with Gasteiger partial charge in [-0.05, 0) is 13.8 Å². The molecule has 0 bridgehead atoms. The third-order valence-corrected chi connectivity index (χ3v) is 1.14. The summed E-state index contributed by atoms with van der Waals surface area (Å²) in [7, 11) is 1.63. The van der Waals surface area contributed by atoms with Crippen LogP contribution in [0.15, 0.2) is 0 Å². The second-order valence-corrected chi connectivity index (χ2v) is 2.35. The van der Waals surface area contributed by atoms with Crippen molar-refractivity contribution in [3.8, 4) is 0 Å². The van der Waals surface area contributed by atoms with Crippen molar-refractivity contribution in [2.24, 2.45) is 0 Å². The molecule has 0 atom stereocenters. The van der Waals surface area contributed by atoms with Gasteiger partial charge >= 0.3 is 17.1 Å². The van der Waals surface area contributed by atoms with Gasteiger partial charge in [0.2, 0.25) is 0 Å². The molecule has 0 heterocycles. The molecular formula is C6H13CuO2. The van der Waals surface area contributed by atoms with Crippen LogP contribution < -0.4 is 0 Å². The molecule has 0 aliphatic rings. The van der Waals surface area contributed by atoms with E-state index in [2.05, 4.69) is 0 Å². The van der Waals surface area contributed by atoms with Crippen molar-refractivity contribution < 1.29 is 26.9 Å². The zero-order valence-electron chi connectivity index (χ0n) is 5.94. The number of rotatable bonds is 3. The number of hydrogen-bond acceptors (Lipinski definition) is 2. The first-order valence-corrected chi connectivity index (χ1v) is 2.63. The monoisotopic (exact) mass is 180 g/mol. The van der Waals surface area contributed by atoms with E-state index >= 15 is 0 Å². The van der Waals surface area contributed by atoms with Crippen molar-refractivity contribution in [3.63, 3.8) is 0 Å². The van der Waals surface area contributed by atoms with Gasteiger partial charge in [0.15, 0.2) is 0 Å². The molecule has 0 fully saturated rings. The fraction of sp³-hybridized carbons (Fsp3) is 0.833. The second kappa shape index (κ2) is 5.24. The van der Waals surface area contributed by atoms with Crippen LogP contribution in [0, 0.1) is 6.61 Å². The van der Waals surface area contributed by atoms with Gasteiger partial charge in [0.1, 0.15) is 0 Å². The molecule has 0 amide bonds. The van der Waals surface area contributed by atoms with Crippen LogP contribution in [0.1, 0.15) is 20.3 Å². The maximum Gasteiger partial charge on any atom is 1.00 e. The largest absolute Gasteiger partial charge is 1.00 e. The standard InChI is InChI=1S/C6H13O2.Cu/c1-6(2,8-3)4-5-7;/h5,7H,4H2,1-3H3;/q-1;+1. The molecule has 0 saturated heterocycles. The maximum absolute atomic E-state index is 8.33. The zero-order chi connectivity index (χ0) is 6.62. The number of hydrogen-bond donors (Lipinski definition) is 1. The summed E-state index contributed by atoms with van der Waals surface area (Å²) in [6, 6.07) is 0. The van der Waals surface area contributed by atoms with E-state index in [1.165, 1.54) is 0 Å². The average Bonchev–Trinajstić information content (AvgIpc) is 1.67. The average molecular weight is 181 g/mol. The van der Waals surface area contributed by atoms with Crippen LogP contribution in [0.2, 0.25) is 0 Å². The molecule has 9 heavy (non-hydrogen) atoms. The molecule has 0 saturated carbocycles. The summed E-state index contributed by atoms with van der Waals surface area (Å²) in [4.78, 5) is 0. The Labute approximate surface area is 67.1 Å². The van der Waals surface area contributed by atoms with E-state index in [4.69, 9.17) is 9.84 Å². The van der Waals surface area contributed by atoms with Crippen LogP contribution in [0.4, 0.5) is 0 Å². The van der Waals surface area contributed by atoms with E-state index in [1.54, 1.807) is 7.11 Å². The molecule has 0 aromatic heterocycles. The first kappa shape index (κ1) is 12.1. The maximum atomic E-state index is 8.33. The van der Waals surface area contributed by atoms with E-state index in [-0.39, 0.29) is 22.7 Å². The fourth-order valence-corrected chi connectivity index (χ4v) is 0.303. The third-order valence-electron chi connectivity index (χ3n) is 1.14. The molecule has 1 N–H and O–H groups in total. The molecule has 3 heteroatoms. The van der Waals surface area contributed by atoms with Gasteiger partial charge in [-0.2, -0.15) is 0 Å². The van der Waals surface area contributed by atoms with E-state index < -0.39 is 0 Å². The van der Waals surface area contributed by atoms with Gasteiger partial charge < -0.3 is 9.84 Å². The molecule has 0 radical (unpaired) electrons. The molecule has 60 valence electrons. The van der Waals surface area contributed by atoms with E-state index in [1.807, 2.05) is 13.8 Å². The van der Waals surface area contributed by atoms with Gasteiger partial charge in [-0.15, -0.1) is 6.42 Å². The molecule has 0 aliphatic carbocycles. The SMILES string of the molecule is COC(C)(C)C[CH-]O.[Cu+]. The van der Waals surface area contributed by atoms with Crippen LogP contribution in [0.25, 0.3) is 0 Å². The van der Waals surface area contributed by atoms with Gasteiger partial charge in [0.25, 0.3) is 0 Å². The molecule has 0 aliphatic heterocycles. The third kappa shape index (κ3) is 6.32. The van der Waals surface area contributed by atoms with Gasteiger partial charge in [0, 0.05) is 12.7 Å². The molecule has 0 unspecified atom stereocenters. The van der Waals surface area contributed by atoms with E-state index in [0.717, 1.165) is 6.61 Å². The van der Waals surface area contributed by atoms with Crippen molar-refractivity contribution in [1.29, 1.82) is 0 Å². The normalized spacial score (nSPS) is 10.7. The Morgan fingerprint density at radius 1 is 1.56 bits per heavy atom. The van der Waals surface area contributed by atoms with Crippen LogP contribution in [-0.2, 0) is 21.8 Å². The van der Waals surface area contributed by atoms with Crippen LogP contribution in [0.5, 0.6) is 0 Å². The first-order chi connectivity index (χ1) is 3.62. The Morgan fingerprint density at radius 3 is 2.11 bits per heavy atom. The Hall–Kier alpha value is 0.439. The van der Waals surface area contributed by atoms with Crippen molar-refractivity contribution in [1.82, 2.24) is 0 Å². The minimum Gasteiger partial charge on any atom is -0.566 e. The topological polar surface area (TPSA) is 29.5 Å². The number of ether oxygens (including phenoxy) is 1. The Balaban J connectivity index is 0. The number of methoxy groups -OCH3 is 1. The van der Waals surface area contributed by atoms with Crippen molar-refractivity contribution >= 4 is 0 Å². The minimum absolute atomic E-state index is 0. The summed E-state index contributed by atoms with van der Waals surface area (Å²) in [5.74, 6) is 0. The summed E-state index contributed by atoms with van der Waals surface area (Å²) in [5.41, 5.74) is -0.214. The summed E-state index contributed by atoms with van der Waals surface area (Å²) in [6.45, 7) is 4.95. The minimum atomic E-state index is -0.214. The predicted molar refractivity (Wildman–Crippen MR) is 31.9 cm³/mol. The van der Waals surface area contributed by atoms with Crippen LogP contribution >= 0.6 is 0 Å². The molecule has 0 rings (SSSR count). The summed E-state index contributed by atoms with van der Waals surface area (Å²) in [5, 5.41) is 8.33. The van der Waals surface area contributed by atoms with E-state index in [9.17, 15) is 0 Å². The molecule has 2 nitrogen and oxygen atoms in total. The fourth-order valence-electron chi connectivity index (χ4n) is 0.303. The Morgan fingerprint density at radius 2 is 2.00 bits per heavy atom. The summed E-state index contributed by atoms with van der Waals surface area (Å²) >= 11 is 0. The zero-order valence-corrected chi connectivity index (χ0v) is 6.88. The van der Waals surface area contributed by atoms with Crippen molar-refractivity contribution in [2.75, 3.05) is 7.11 Å². The molecular weight excluding hydrogens is 168 g/mol. The van der Waals surface area contributed by atoms with Crippen molar-refractivity contribution in [2.45, 2.75) is 25.9 Å². The number of aliphatic hydroxyl groups excluding tert-OH is 1. The summed E-state index contributed by atoms with van der Waals surface area (Å²) in [6.07, 6.45) is 0.573. The van der Waals surface area contributed by atoms with Crippen LogP contribution in [-0.4, -0.2) is 17.8 Å². The van der Waals surface area contributed by atoms with Gasteiger partial charge in [-0.25, -0.2) is 6.61 Å². The smallest absolute Gasteiger partial charge is 0.566 e. The molecule has 0 aromatic rings. The predicted octanol–water partition coefficient (Wildman–Crippen LogP) is 1.33.